The molecule has 1 aromatic heterocycles. The van der Waals surface area contributed by atoms with Crippen molar-refractivity contribution in [2.75, 3.05) is 13.1 Å². The zero-order valence-electron chi connectivity index (χ0n) is 15.7. The minimum atomic E-state index is 0.0280. The van der Waals surface area contributed by atoms with E-state index in [9.17, 15) is 4.79 Å². The van der Waals surface area contributed by atoms with Crippen molar-refractivity contribution in [3.8, 4) is 0 Å². The van der Waals surface area contributed by atoms with Crippen molar-refractivity contribution < 1.29 is 9.21 Å². The lowest BCUT2D eigenvalue weighted by molar-refractivity contribution is -0.122. The van der Waals surface area contributed by atoms with Gasteiger partial charge in [0.25, 0.3) is 0 Å². The minimum Gasteiger partial charge on any atom is -0.468 e. The van der Waals surface area contributed by atoms with Gasteiger partial charge in [0.2, 0.25) is 5.91 Å². The molecule has 2 aromatic carbocycles. The van der Waals surface area contributed by atoms with E-state index in [0.717, 1.165) is 5.76 Å². The topological polar surface area (TPSA) is 45.5 Å². The third kappa shape index (κ3) is 6.12. The second-order valence-electron chi connectivity index (χ2n) is 6.83. The number of furan rings is 1. The minimum absolute atomic E-state index is 0.0280. The molecule has 4 heteroatoms. The summed E-state index contributed by atoms with van der Waals surface area (Å²) < 4.78 is 5.47. The number of rotatable bonds is 9. The van der Waals surface area contributed by atoms with Crippen molar-refractivity contribution in [3.63, 3.8) is 0 Å². The molecular formula is C23H26N2O2. The molecule has 3 aromatic rings. The highest BCUT2D eigenvalue weighted by atomic mass is 16.3. The predicted molar refractivity (Wildman–Crippen MR) is 107 cm³/mol. The molecule has 0 spiro atoms. The number of hydrogen-bond donors (Lipinski definition) is 1. The van der Waals surface area contributed by atoms with Crippen LogP contribution in [0.5, 0.6) is 0 Å². The van der Waals surface area contributed by atoms with E-state index in [0.29, 0.717) is 26.2 Å². The largest absolute Gasteiger partial charge is 0.468 e. The third-order valence-corrected chi connectivity index (χ3v) is 4.55. The Morgan fingerprint density at radius 3 is 2.33 bits per heavy atom. The number of amides is 1. The molecule has 1 heterocycles. The number of benzene rings is 2. The van der Waals surface area contributed by atoms with Gasteiger partial charge in [0, 0.05) is 13.1 Å². The average Bonchev–Trinajstić information content (AvgIpc) is 3.20. The number of carbonyl (C=O) groups excluding carboxylic acids is 1. The van der Waals surface area contributed by atoms with Crippen LogP contribution in [0.1, 0.15) is 29.7 Å². The van der Waals surface area contributed by atoms with Crippen LogP contribution in [0, 0.1) is 0 Å². The Balaban J connectivity index is 1.56. The quantitative estimate of drug-likeness (QED) is 0.620. The van der Waals surface area contributed by atoms with Crippen LogP contribution in [-0.4, -0.2) is 23.9 Å². The van der Waals surface area contributed by atoms with Crippen LogP contribution in [0.15, 0.2) is 83.5 Å². The molecule has 0 bridgehead atoms. The number of nitrogens with zero attached hydrogens (tertiary/aromatic N) is 1. The van der Waals surface area contributed by atoms with Crippen LogP contribution in [0.3, 0.4) is 0 Å². The van der Waals surface area contributed by atoms with Gasteiger partial charge >= 0.3 is 0 Å². The fourth-order valence-electron chi connectivity index (χ4n) is 3.06. The monoisotopic (exact) mass is 362 g/mol. The molecule has 0 aliphatic carbocycles. The third-order valence-electron chi connectivity index (χ3n) is 4.55. The Hall–Kier alpha value is -2.85. The smallest absolute Gasteiger partial charge is 0.234 e. The van der Waals surface area contributed by atoms with Gasteiger partial charge in [-0.1, -0.05) is 67.6 Å². The average molecular weight is 362 g/mol. The van der Waals surface area contributed by atoms with Gasteiger partial charge in [-0.3, -0.25) is 9.69 Å². The van der Waals surface area contributed by atoms with Crippen molar-refractivity contribution in [2.45, 2.75) is 25.9 Å². The summed E-state index contributed by atoms with van der Waals surface area (Å²) in [5.41, 5.74) is 2.41. The highest BCUT2D eigenvalue weighted by Gasteiger charge is 2.14. The Labute approximate surface area is 160 Å². The first kappa shape index (κ1) is 18.9. The lowest BCUT2D eigenvalue weighted by atomic mass is 10.0. The fraction of sp³-hybridized carbons (Fsp3) is 0.261. The summed E-state index contributed by atoms with van der Waals surface area (Å²) in [5, 5.41) is 3.07. The summed E-state index contributed by atoms with van der Waals surface area (Å²) in [7, 11) is 0. The maximum atomic E-state index is 12.5. The van der Waals surface area contributed by atoms with Gasteiger partial charge in [0.05, 0.1) is 19.4 Å². The first-order valence-electron chi connectivity index (χ1n) is 9.31. The Morgan fingerprint density at radius 1 is 0.963 bits per heavy atom. The van der Waals surface area contributed by atoms with Crippen LogP contribution in [-0.2, 0) is 17.9 Å². The first-order chi connectivity index (χ1) is 13.2. The Kier molecular flexibility index (Phi) is 6.83. The lowest BCUT2D eigenvalue weighted by Gasteiger charge is -2.21. The van der Waals surface area contributed by atoms with Crippen molar-refractivity contribution in [1.29, 1.82) is 0 Å². The molecule has 4 nitrogen and oxygen atoms in total. The standard InChI is InChI=1S/C23H26N2O2/c1-19(21-11-6-3-7-12-21)15-24-23(26)18-25(17-22-13-8-14-27-22)16-20-9-4-2-5-10-20/h2-14,19H,15-18H2,1H3,(H,24,26). The molecule has 1 atom stereocenters. The molecule has 27 heavy (non-hydrogen) atoms. The van der Waals surface area contributed by atoms with E-state index in [4.69, 9.17) is 4.42 Å². The van der Waals surface area contributed by atoms with Gasteiger partial charge in [-0.15, -0.1) is 0 Å². The van der Waals surface area contributed by atoms with Gasteiger partial charge in [-0.05, 0) is 29.2 Å². The van der Waals surface area contributed by atoms with Gasteiger partial charge in [-0.25, -0.2) is 0 Å². The molecule has 0 fully saturated rings. The summed E-state index contributed by atoms with van der Waals surface area (Å²) in [6, 6.07) is 24.2. The van der Waals surface area contributed by atoms with Gasteiger partial charge < -0.3 is 9.73 Å². The fourth-order valence-corrected chi connectivity index (χ4v) is 3.06. The lowest BCUT2D eigenvalue weighted by Crippen LogP contribution is -2.38. The second kappa shape index (κ2) is 9.74. The van der Waals surface area contributed by atoms with E-state index >= 15 is 0 Å². The Morgan fingerprint density at radius 2 is 1.67 bits per heavy atom. The van der Waals surface area contributed by atoms with E-state index in [2.05, 4.69) is 41.4 Å². The zero-order chi connectivity index (χ0) is 18.9. The summed E-state index contributed by atoms with van der Waals surface area (Å²) in [5.74, 6) is 1.17. The molecule has 1 unspecified atom stereocenters. The number of carbonyl (C=O) groups is 1. The second-order valence-corrected chi connectivity index (χ2v) is 6.83. The molecule has 0 radical (unpaired) electrons. The van der Waals surface area contributed by atoms with Gasteiger partial charge in [0.1, 0.15) is 5.76 Å². The van der Waals surface area contributed by atoms with Crippen LogP contribution in [0.4, 0.5) is 0 Å². The molecule has 1 amide bonds. The van der Waals surface area contributed by atoms with E-state index < -0.39 is 0 Å². The van der Waals surface area contributed by atoms with Crippen LogP contribution in [0.25, 0.3) is 0 Å². The summed E-state index contributed by atoms with van der Waals surface area (Å²) in [4.78, 5) is 14.6. The number of nitrogens with one attached hydrogen (secondary N) is 1. The summed E-state index contributed by atoms with van der Waals surface area (Å²) in [6.45, 7) is 4.38. The highest BCUT2D eigenvalue weighted by molar-refractivity contribution is 5.78. The summed E-state index contributed by atoms with van der Waals surface area (Å²) in [6.07, 6.45) is 1.66. The van der Waals surface area contributed by atoms with E-state index in [1.165, 1.54) is 11.1 Å². The maximum Gasteiger partial charge on any atom is 0.234 e. The molecule has 0 saturated heterocycles. The number of hydrogen-bond acceptors (Lipinski definition) is 3. The van der Waals surface area contributed by atoms with Crippen molar-refractivity contribution in [1.82, 2.24) is 10.2 Å². The van der Waals surface area contributed by atoms with Crippen LogP contribution < -0.4 is 5.32 Å². The molecule has 0 aliphatic heterocycles. The van der Waals surface area contributed by atoms with Gasteiger partial charge in [0.15, 0.2) is 0 Å². The molecule has 0 saturated carbocycles. The van der Waals surface area contributed by atoms with E-state index in [1.54, 1.807) is 6.26 Å². The van der Waals surface area contributed by atoms with Crippen LogP contribution >= 0.6 is 0 Å². The van der Waals surface area contributed by atoms with Crippen LogP contribution in [0.2, 0.25) is 0 Å². The van der Waals surface area contributed by atoms with Gasteiger partial charge in [-0.2, -0.15) is 0 Å². The molecule has 140 valence electrons. The maximum absolute atomic E-state index is 12.5. The molecular weight excluding hydrogens is 336 g/mol. The van der Waals surface area contributed by atoms with Crippen molar-refractivity contribution >= 4 is 5.91 Å². The van der Waals surface area contributed by atoms with Crippen molar-refractivity contribution in [3.05, 3.63) is 95.9 Å². The Bertz CT molecular complexity index is 801. The molecule has 1 N–H and O–H groups in total. The van der Waals surface area contributed by atoms with E-state index in [-0.39, 0.29) is 11.8 Å². The van der Waals surface area contributed by atoms with Crippen molar-refractivity contribution in [2.24, 2.45) is 0 Å². The first-order valence-corrected chi connectivity index (χ1v) is 9.31. The summed E-state index contributed by atoms with van der Waals surface area (Å²) >= 11 is 0. The zero-order valence-corrected chi connectivity index (χ0v) is 15.7. The predicted octanol–water partition coefficient (Wildman–Crippen LogP) is 4.20. The van der Waals surface area contributed by atoms with E-state index in [1.807, 2.05) is 48.5 Å². The normalized spacial score (nSPS) is 12.1. The SMILES string of the molecule is CC(CNC(=O)CN(Cc1ccccc1)Cc1ccco1)c1ccccc1. The molecule has 0 aliphatic rings. The molecule has 3 rings (SSSR count). The highest BCUT2D eigenvalue weighted by Crippen LogP contribution is 2.13.